The molecule has 4 rings (SSSR count). The van der Waals surface area contributed by atoms with Crippen LogP contribution in [0.2, 0.25) is 0 Å². The number of hydrogen-bond donors (Lipinski definition) is 1. The van der Waals surface area contributed by atoms with Crippen LogP contribution < -0.4 is 9.64 Å². The minimum Gasteiger partial charge on any atom is -0.497 e. The lowest BCUT2D eigenvalue weighted by molar-refractivity contribution is 0.0746. The zero-order chi connectivity index (χ0) is 17.2. The fraction of sp³-hybridized carbons (Fsp3) is 0.278. The summed E-state index contributed by atoms with van der Waals surface area (Å²) in [6, 6.07) is 9.22. The maximum Gasteiger partial charge on any atom is 0.253 e. The maximum atomic E-state index is 12.6. The molecule has 1 N–H and O–H groups in total. The van der Waals surface area contributed by atoms with Gasteiger partial charge in [-0.3, -0.25) is 4.79 Å². The first kappa shape index (κ1) is 15.4. The number of rotatable bonds is 3. The van der Waals surface area contributed by atoms with Crippen molar-refractivity contribution in [2.45, 2.75) is 0 Å². The van der Waals surface area contributed by atoms with Crippen molar-refractivity contribution in [3.63, 3.8) is 0 Å². The molecule has 3 aromatic rings. The summed E-state index contributed by atoms with van der Waals surface area (Å²) in [6.45, 7) is 2.83. The van der Waals surface area contributed by atoms with Gasteiger partial charge in [0.15, 0.2) is 0 Å². The number of carbonyl (C=O) groups is 1. The van der Waals surface area contributed by atoms with Gasteiger partial charge in [0.2, 0.25) is 0 Å². The molecule has 1 saturated heterocycles. The van der Waals surface area contributed by atoms with Crippen LogP contribution in [-0.2, 0) is 0 Å². The number of H-pyrrole nitrogens is 1. The Hall–Kier alpha value is -3.09. The van der Waals surface area contributed by atoms with Crippen molar-refractivity contribution in [2.75, 3.05) is 38.2 Å². The lowest BCUT2D eigenvalue weighted by atomic mass is 10.1. The number of amides is 1. The van der Waals surface area contributed by atoms with Crippen LogP contribution in [0.4, 0.5) is 5.82 Å². The second-order valence-electron chi connectivity index (χ2n) is 5.94. The molecule has 25 heavy (non-hydrogen) atoms. The monoisotopic (exact) mass is 337 g/mol. The molecule has 0 aliphatic carbocycles. The van der Waals surface area contributed by atoms with Gasteiger partial charge in [-0.2, -0.15) is 0 Å². The number of ether oxygens (including phenoxy) is 1. The molecule has 2 aromatic heterocycles. The Morgan fingerprint density at radius 2 is 1.84 bits per heavy atom. The molecule has 7 heteroatoms. The Bertz CT molecular complexity index is 882. The van der Waals surface area contributed by atoms with E-state index in [0.717, 1.165) is 35.7 Å². The Balaban J connectivity index is 1.45. The minimum atomic E-state index is 0.0526. The molecule has 3 heterocycles. The van der Waals surface area contributed by atoms with Crippen molar-refractivity contribution >= 4 is 22.8 Å². The molecule has 7 nitrogen and oxygen atoms in total. The van der Waals surface area contributed by atoms with Gasteiger partial charge in [-0.15, -0.1) is 0 Å². The first-order chi connectivity index (χ1) is 12.3. The molecule has 0 saturated carbocycles. The van der Waals surface area contributed by atoms with E-state index in [4.69, 9.17) is 4.74 Å². The molecular weight excluding hydrogens is 318 g/mol. The van der Waals surface area contributed by atoms with Crippen molar-refractivity contribution in [1.29, 1.82) is 0 Å². The van der Waals surface area contributed by atoms with Gasteiger partial charge in [-0.05, 0) is 30.3 Å². The van der Waals surface area contributed by atoms with Crippen molar-refractivity contribution in [3.8, 4) is 5.75 Å². The van der Waals surface area contributed by atoms with Crippen LogP contribution in [-0.4, -0.2) is 59.0 Å². The summed E-state index contributed by atoms with van der Waals surface area (Å²) >= 11 is 0. The molecular formula is C18H19N5O2. The van der Waals surface area contributed by atoms with Crippen LogP contribution in [0.15, 0.2) is 42.9 Å². The SMILES string of the molecule is COc1ccc(C(=O)N2CCN(c3ncnc4[nH]ccc34)CC2)cc1. The largest absolute Gasteiger partial charge is 0.497 e. The predicted octanol–water partition coefficient (Wildman–Crippen LogP) is 1.93. The third-order valence-corrected chi connectivity index (χ3v) is 4.54. The van der Waals surface area contributed by atoms with Crippen molar-refractivity contribution in [1.82, 2.24) is 19.9 Å². The summed E-state index contributed by atoms with van der Waals surface area (Å²) in [6.07, 6.45) is 3.44. The van der Waals surface area contributed by atoms with Crippen LogP contribution in [0.1, 0.15) is 10.4 Å². The van der Waals surface area contributed by atoms with E-state index >= 15 is 0 Å². The Morgan fingerprint density at radius 3 is 2.56 bits per heavy atom. The van der Waals surface area contributed by atoms with Gasteiger partial charge >= 0.3 is 0 Å². The summed E-state index contributed by atoms with van der Waals surface area (Å²) in [7, 11) is 1.62. The van der Waals surface area contributed by atoms with Crippen molar-refractivity contribution in [2.24, 2.45) is 0 Å². The summed E-state index contributed by atoms with van der Waals surface area (Å²) in [4.78, 5) is 28.5. The van der Waals surface area contributed by atoms with E-state index in [1.165, 1.54) is 0 Å². The second-order valence-corrected chi connectivity index (χ2v) is 5.94. The number of aromatic amines is 1. The second kappa shape index (κ2) is 6.43. The Kier molecular flexibility index (Phi) is 3.97. The third kappa shape index (κ3) is 2.88. The molecule has 0 atom stereocenters. The van der Waals surface area contributed by atoms with Gasteiger partial charge in [-0.25, -0.2) is 9.97 Å². The molecule has 1 fully saturated rings. The van der Waals surface area contributed by atoms with Crippen LogP contribution >= 0.6 is 0 Å². The number of hydrogen-bond acceptors (Lipinski definition) is 5. The Morgan fingerprint density at radius 1 is 1.08 bits per heavy atom. The van der Waals surface area contributed by atoms with Crippen LogP contribution in [0.3, 0.4) is 0 Å². The van der Waals surface area contributed by atoms with Crippen molar-refractivity contribution < 1.29 is 9.53 Å². The highest BCUT2D eigenvalue weighted by Gasteiger charge is 2.24. The van der Waals surface area contributed by atoms with Gasteiger partial charge < -0.3 is 19.5 Å². The number of nitrogens with zero attached hydrogens (tertiary/aromatic N) is 4. The predicted molar refractivity (Wildman–Crippen MR) is 95.0 cm³/mol. The van der Waals surface area contributed by atoms with Crippen LogP contribution in [0.5, 0.6) is 5.75 Å². The number of nitrogens with one attached hydrogen (secondary N) is 1. The summed E-state index contributed by atoms with van der Waals surface area (Å²) < 4.78 is 5.14. The highest BCUT2D eigenvalue weighted by Crippen LogP contribution is 2.23. The van der Waals surface area contributed by atoms with Crippen LogP contribution in [0.25, 0.3) is 11.0 Å². The van der Waals surface area contributed by atoms with Crippen LogP contribution in [0, 0.1) is 0 Å². The van der Waals surface area contributed by atoms with Gasteiger partial charge in [0.05, 0.1) is 12.5 Å². The zero-order valence-electron chi connectivity index (χ0n) is 14.0. The number of piperazine rings is 1. The number of benzene rings is 1. The highest BCUT2D eigenvalue weighted by molar-refractivity contribution is 5.94. The average molecular weight is 337 g/mol. The third-order valence-electron chi connectivity index (χ3n) is 4.54. The molecule has 1 aliphatic heterocycles. The fourth-order valence-corrected chi connectivity index (χ4v) is 3.15. The fourth-order valence-electron chi connectivity index (χ4n) is 3.15. The summed E-state index contributed by atoms with van der Waals surface area (Å²) in [5.41, 5.74) is 1.52. The average Bonchev–Trinajstić information content (AvgIpc) is 3.16. The van der Waals surface area contributed by atoms with Crippen molar-refractivity contribution in [3.05, 3.63) is 48.4 Å². The van der Waals surface area contributed by atoms with E-state index < -0.39 is 0 Å². The minimum absolute atomic E-state index is 0.0526. The standard InChI is InChI=1S/C18H19N5O2/c1-25-14-4-2-13(3-5-14)18(24)23-10-8-22(9-11-23)17-15-6-7-19-16(15)20-12-21-17/h2-7,12H,8-11H2,1H3,(H,19,20,21). The number of fused-ring (bicyclic) bond motifs is 1. The van der Waals surface area contributed by atoms with E-state index in [0.29, 0.717) is 18.7 Å². The number of aromatic nitrogens is 3. The van der Waals surface area contributed by atoms with E-state index in [2.05, 4.69) is 19.9 Å². The smallest absolute Gasteiger partial charge is 0.253 e. The molecule has 1 aromatic carbocycles. The molecule has 0 bridgehead atoms. The number of anilines is 1. The molecule has 1 amide bonds. The molecule has 0 radical (unpaired) electrons. The number of methoxy groups -OCH3 is 1. The highest BCUT2D eigenvalue weighted by atomic mass is 16.5. The van der Waals surface area contributed by atoms with Gasteiger partial charge in [-0.1, -0.05) is 0 Å². The van der Waals surface area contributed by atoms with Gasteiger partial charge in [0.1, 0.15) is 23.5 Å². The van der Waals surface area contributed by atoms with Gasteiger partial charge in [0.25, 0.3) is 5.91 Å². The van der Waals surface area contributed by atoms with Gasteiger partial charge in [0, 0.05) is 37.9 Å². The van der Waals surface area contributed by atoms with E-state index in [-0.39, 0.29) is 5.91 Å². The summed E-state index contributed by atoms with van der Waals surface area (Å²) in [5.74, 6) is 1.72. The lowest BCUT2D eigenvalue weighted by Gasteiger charge is -2.35. The quantitative estimate of drug-likeness (QED) is 0.790. The maximum absolute atomic E-state index is 12.6. The molecule has 0 spiro atoms. The van der Waals surface area contributed by atoms with E-state index in [1.807, 2.05) is 29.3 Å². The number of carbonyl (C=O) groups excluding carboxylic acids is 1. The lowest BCUT2D eigenvalue weighted by Crippen LogP contribution is -2.49. The van der Waals surface area contributed by atoms with E-state index in [1.54, 1.807) is 25.6 Å². The molecule has 1 aliphatic rings. The topological polar surface area (TPSA) is 74.3 Å². The molecule has 0 unspecified atom stereocenters. The van der Waals surface area contributed by atoms with E-state index in [9.17, 15) is 4.79 Å². The zero-order valence-corrected chi connectivity index (χ0v) is 14.0. The molecule has 128 valence electrons. The normalized spacial score (nSPS) is 14.8. The summed E-state index contributed by atoms with van der Waals surface area (Å²) in [5, 5.41) is 1.01. The Labute approximate surface area is 145 Å². The first-order valence-corrected chi connectivity index (χ1v) is 8.22. The first-order valence-electron chi connectivity index (χ1n) is 8.22.